The molecule has 1 amide bonds. The Balaban J connectivity index is 2.15. The summed E-state index contributed by atoms with van der Waals surface area (Å²) in [6.07, 6.45) is 0. The molecule has 0 radical (unpaired) electrons. The smallest absolute Gasteiger partial charge is 0.269 e. The van der Waals surface area contributed by atoms with Crippen molar-refractivity contribution in [2.24, 2.45) is 0 Å². The molecule has 10 heteroatoms. The zero-order chi connectivity index (χ0) is 14.8. The van der Waals surface area contributed by atoms with Crippen LogP contribution in [0.1, 0.15) is 10.4 Å². The van der Waals surface area contributed by atoms with Gasteiger partial charge in [-0.1, -0.05) is 22.9 Å². The van der Waals surface area contributed by atoms with E-state index in [0.717, 1.165) is 11.3 Å². The lowest BCUT2D eigenvalue weighted by molar-refractivity contribution is 0.102. The van der Waals surface area contributed by atoms with E-state index in [9.17, 15) is 13.2 Å². The number of rotatable bonds is 4. The Kier molecular flexibility index (Phi) is 4.33. The summed E-state index contributed by atoms with van der Waals surface area (Å²) >= 11 is 6.48. The summed E-state index contributed by atoms with van der Waals surface area (Å²) in [6, 6.07) is 6.24. The zero-order valence-electron chi connectivity index (χ0n) is 10.1. The lowest BCUT2D eigenvalue weighted by atomic mass is 10.2. The van der Waals surface area contributed by atoms with Gasteiger partial charge < -0.3 is 0 Å². The standard InChI is InChI=1S/C10H9ClN4O3S2/c1-12-20(17,18)10-15-14-9(19-10)13-8(16)6-2-4-7(11)5-3-6/h2-5,12H,1H3,(H,13,14,16). The van der Waals surface area contributed by atoms with Crippen LogP contribution in [0.2, 0.25) is 5.02 Å². The molecule has 0 saturated heterocycles. The van der Waals surface area contributed by atoms with E-state index in [2.05, 4.69) is 20.2 Å². The van der Waals surface area contributed by atoms with Crippen LogP contribution < -0.4 is 10.0 Å². The van der Waals surface area contributed by atoms with E-state index >= 15 is 0 Å². The summed E-state index contributed by atoms with van der Waals surface area (Å²) in [5.74, 6) is -0.425. The van der Waals surface area contributed by atoms with Crippen molar-refractivity contribution in [3.63, 3.8) is 0 Å². The van der Waals surface area contributed by atoms with Gasteiger partial charge in [0.1, 0.15) is 0 Å². The zero-order valence-corrected chi connectivity index (χ0v) is 12.5. The van der Waals surface area contributed by atoms with Crippen molar-refractivity contribution < 1.29 is 13.2 Å². The summed E-state index contributed by atoms with van der Waals surface area (Å²) in [7, 11) is -2.39. The first-order valence-corrected chi connectivity index (χ1v) is 7.94. The number of benzene rings is 1. The molecule has 0 bridgehead atoms. The molecular formula is C10H9ClN4O3S2. The Morgan fingerprint density at radius 2 is 1.90 bits per heavy atom. The van der Waals surface area contributed by atoms with E-state index in [1.807, 2.05) is 0 Å². The molecule has 0 fully saturated rings. The highest BCUT2D eigenvalue weighted by molar-refractivity contribution is 7.91. The molecule has 1 aromatic carbocycles. The summed E-state index contributed by atoms with van der Waals surface area (Å²) in [6.45, 7) is 0. The Hall–Kier alpha value is -1.55. The van der Waals surface area contributed by atoms with Crippen molar-refractivity contribution in [2.75, 3.05) is 12.4 Å². The third-order valence-electron chi connectivity index (χ3n) is 2.23. The molecule has 0 aliphatic carbocycles. The number of aromatic nitrogens is 2. The molecule has 1 aromatic heterocycles. The number of carbonyl (C=O) groups excluding carboxylic acids is 1. The van der Waals surface area contributed by atoms with E-state index in [1.165, 1.54) is 7.05 Å². The van der Waals surface area contributed by atoms with Gasteiger partial charge in [0.05, 0.1) is 0 Å². The molecular weight excluding hydrogens is 324 g/mol. The highest BCUT2D eigenvalue weighted by Crippen LogP contribution is 2.20. The number of hydrogen-bond acceptors (Lipinski definition) is 6. The van der Waals surface area contributed by atoms with Crippen LogP contribution in [-0.2, 0) is 10.0 Å². The van der Waals surface area contributed by atoms with Crippen LogP contribution in [0.4, 0.5) is 5.13 Å². The third kappa shape index (κ3) is 3.31. The topological polar surface area (TPSA) is 101 Å². The van der Waals surface area contributed by atoms with E-state index < -0.39 is 15.9 Å². The van der Waals surface area contributed by atoms with Crippen molar-refractivity contribution >= 4 is 44.0 Å². The number of sulfonamides is 1. The fourth-order valence-corrected chi connectivity index (χ4v) is 3.07. The summed E-state index contributed by atoms with van der Waals surface area (Å²) in [5, 5.41) is 10.2. The maximum atomic E-state index is 11.9. The number of anilines is 1. The van der Waals surface area contributed by atoms with Gasteiger partial charge in [-0.2, -0.15) is 0 Å². The van der Waals surface area contributed by atoms with Crippen LogP contribution in [0, 0.1) is 0 Å². The lowest BCUT2D eigenvalue weighted by Gasteiger charge is -2.00. The van der Waals surface area contributed by atoms with Crippen LogP contribution in [-0.4, -0.2) is 31.6 Å². The van der Waals surface area contributed by atoms with E-state index in [-0.39, 0.29) is 9.47 Å². The lowest BCUT2D eigenvalue weighted by Crippen LogP contribution is -2.18. The third-order valence-corrected chi connectivity index (χ3v) is 5.10. The minimum absolute atomic E-state index is 0.0961. The predicted molar refractivity (Wildman–Crippen MR) is 75.6 cm³/mol. The van der Waals surface area contributed by atoms with Gasteiger partial charge in [0, 0.05) is 10.6 Å². The van der Waals surface area contributed by atoms with Gasteiger partial charge >= 0.3 is 0 Å². The molecule has 2 rings (SSSR count). The van der Waals surface area contributed by atoms with Crippen LogP contribution in [0.25, 0.3) is 0 Å². The summed E-state index contributed by atoms with van der Waals surface area (Å²) in [4.78, 5) is 11.9. The Morgan fingerprint density at radius 3 is 2.50 bits per heavy atom. The van der Waals surface area contributed by atoms with Gasteiger partial charge in [-0.25, -0.2) is 13.1 Å². The Bertz CT molecular complexity index is 727. The fraction of sp³-hybridized carbons (Fsp3) is 0.100. The second-order valence-corrected chi connectivity index (χ2v) is 7.02. The van der Waals surface area contributed by atoms with Crippen LogP contribution in [0.3, 0.4) is 0 Å². The van der Waals surface area contributed by atoms with Crippen LogP contribution in [0.15, 0.2) is 28.6 Å². The van der Waals surface area contributed by atoms with Crippen LogP contribution in [0.5, 0.6) is 0 Å². The highest BCUT2D eigenvalue weighted by atomic mass is 35.5. The van der Waals surface area contributed by atoms with E-state index in [1.54, 1.807) is 24.3 Å². The molecule has 0 atom stereocenters. The number of hydrogen-bond donors (Lipinski definition) is 2. The van der Waals surface area contributed by atoms with Gasteiger partial charge in [-0.15, -0.1) is 10.2 Å². The summed E-state index contributed by atoms with van der Waals surface area (Å²) < 4.78 is 24.9. The van der Waals surface area contributed by atoms with Crippen molar-refractivity contribution in [1.82, 2.24) is 14.9 Å². The Morgan fingerprint density at radius 1 is 1.25 bits per heavy atom. The van der Waals surface area contributed by atoms with Gasteiger partial charge in [-0.05, 0) is 31.3 Å². The van der Waals surface area contributed by atoms with E-state index in [0.29, 0.717) is 10.6 Å². The van der Waals surface area contributed by atoms with Crippen molar-refractivity contribution in [3.8, 4) is 0 Å². The molecule has 0 aliphatic heterocycles. The predicted octanol–water partition coefficient (Wildman–Crippen LogP) is 1.35. The quantitative estimate of drug-likeness (QED) is 0.823. The number of carbonyl (C=O) groups is 1. The number of halogens is 1. The maximum Gasteiger partial charge on any atom is 0.269 e. The minimum Gasteiger partial charge on any atom is -0.296 e. The van der Waals surface area contributed by atoms with Crippen molar-refractivity contribution in [1.29, 1.82) is 0 Å². The van der Waals surface area contributed by atoms with Crippen molar-refractivity contribution in [2.45, 2.75) is 4.34 Å². The summed E-state index contributed by atoms with van der Waals surface area (Å²) in [5.41, 5.74) is 0.377. The SMILES string of the molecule is CNS(=O)(=O)c1nnc(NC(=O)c2ccc(Cl)cc2)s1. The molecule has 2 aromatic rings. The molecule has 7 nitrogen and oxygen atoms in total. The molecule has 2 N–H and O–H groups in total. The normalized spacial score (nSPS) is 11.3. The fourth-order valence-electron chi connectivity index (χ4n) is 1.23. The van der Waals surface area contributed by atoms with Gasteiger partial charge in [-0.3, -0.25) is 10.1 Å². The molecule has 20 heavy (non-hydrogen) atoms. The molecule has 0 saturated carbocycles. The monoisotopic (exact) mass is 332 g/mol. The van der Waals surface area contributed by atoms with Crippen LogP contribution >= 0.6 is 22.9 Å². The van der Waals surface area contributed by atoms with Crippen molar-refractivity contribution in [3.05, 3.63) is 34.9 Å². The average molecular weight is 333 g/mol. The average Bonchev–Trinajstić information content (AvgIpc) is 2.88. The Labute approximate surface area is 124 Å². The molecule has 1 heterocycles. The number of amides is 1. The van der Waals surface area contributed by atoms with Gasteiger partial charge in [0.2, 0.25) is 9.47 Å². The van der Waals surface area contributed by atoms with E-state index in [4.69, 9.17) is 11.6 Å². The van der Waals surface area contributed by atoms with Gasteiger partial charge in [0.25, 0.3) is 15.9 Å². The number of nitrogens with zero attached hydrogens (tertiary/aromatic N) is 2. The van der Waals surface area contributed by atoms with Gasteiger partial charge in [0.15, 0.2) is 0 Å². The molecule has 0 spiro atoms. The first-order chi connectivity index (χ1) is 9.42. The maximum absolute atomic E-state index is 11.9. The molecule has 0 unspecified atom stereocenters. The second-order valence-electron chi connectivity index (χ2n) is 3.54. The minimum atomic E-state index is -3.66. The highest BCUT2D eigenvalue weighted by Gasteiger charge is 2.19. The molecule has 0 aliphatic rings. The largest absolute Gasteiger partial charge is 0.296 e. The number of nitrogens with one attached hydrogen (secondary N) is 2. The second kappa shape index (κ2) is 5.83. The first kappa shape index (κ1) is 14.9. The molecule has 106 valence electrons. The first-order valence-electron chi connectivity index (χ1n) is 5.26.